The molecule has 0 unspecified atom stereocenters. The molecule has 120 valence electrons. The maximum atomic E-state index is 12.7. The van der Waals surface area contributed by atoms with E-state index in [0.717, 1.165) is 5.56 Å². The molecular weight excluding hydrogens is 292 g/mol. The van der Waals surface area contributed by atoms with Gasteiger partial charge in [0, 0.05) is 0 Å². The van der Waals surface area contributed by atoms with Crippen LogP contribution in [-0.2, 0) is 10.3 Å². The fourth-order valence-corrected chi connectivity index (χ4v) is 2.34. The first kappa shape index (κ1) is 16.5. The van der Waals surface area contributed by atoms with E-state index in [9.17, 15) is 9.59 Å². The molecule has 0 bridgehead atoms. The van der Waals surface area contributed by atoms with E-state index < -0.39 is 17.4 Å². The molecule has 0 aliphatic rings. The van der Waals surface area contributed by atoms with Gasteiger partial charge in [0.1, 0.15) is 11.3 Å². The van der Waals surface area contributed by atoms with Crippen molar-refractivity contribution in [1.29, 1.82) is 0 Å². The number of ether oxygens (including phenoxy) is 1. The summed E-state index contributed by atoms with van der Waals surface area (Å²) in [4.78, 5) is 24.7. The predicted molar refractivity (Wildman–Crippen MR) is 88.2 cm³/mol. The summed E-state index contributed by atoms with van der Waals surface area (Å²) >= 11 is 0. The highest BCUT2D eigenvalue weighted by molar-refractivity contribution is 6.01. The molecule has 0 aliphatic carbocycles. The van der Waals surface area contributed by atoms with Crippen LogP contribution in [0.25, 0.3) is 0 Å². The van der Waals surface area contributed by atoms with E-state index in [1.54, 1.807) is 43.3 Å². The second-order valence-electron chi connectivity index (χ2n) is 5.51. The average molecular weight is 312 g/mol. The fraction of sp³-hybridized carbons (Fsp3) is 0.222. The molecular formula is C18H20N2O3. The van der Waals surface area contributed by atoms with E-state index >= 15 is 0 Å². The van der Waals surface area contributed by atoms with Crippen LogP contribution in [0.4, 0.5) is 0 Å². The summed E-state index contributed by atoms with van der Waals surface area (Å²) in [5, 5.41) is 2.73. The van der Waals surface area contributed by atoms with Gasteiger partial charge in [-0.15, -0.1) is 0 Å². The quantitative estimate of drug-likeness (QED) is 0.887. The number of carbonyl (C=O) groups is 2. The molecule has 5 heteroatoms. The summed E-state index contributed by atoms with van der Waals surface area (Å²) in [6.07, 6.45) is 0. The number of amides is 2. The summed E-state index contributed by atoms with van der Waals surface area (Å²) in [6, 6.07) is 14.2. The SMILES string of the molecule is COc1ccc(C)cc1C(=O)N[C@](C)(C(N)=O)c1ccccc1. The summed E-state index contributed by atoms with van der Waals surface area (Å²) in [6.45, 7) is 3.46. The minimum Gasteiger partial charge on any atom is -0.496 e. The molecule has 0 aromatic heterocycles. The summed E-state index contributed by atoms with van der Waals surface area (Å²) < 4.78 is 5.23. The first-order chi connectivity index (χ1) is 10.9. The normalized spacial score (nSPS) is 13.0. The molecule has 2 aromatic rings. The Labute approximate surface area is 135 Å². The largest absolute Gasteiger partial charge is 0.496 e. The number of methoxy groups -OCH3 is 1. The molecule has 0 saturated heterocycles. The summed E-state index contributed by atoms with van der Waals surface area (Å²) in [7, 11) is 1.49. The Balaban J connectivity index is 2.40. The number of carbonyl (C=O) groups excluding carboxylic acids is 2. The lowest BCUT2D eigenvalue weighted by Crippen LogP contribution is -2.52. The molecule has 0 aliphatic heterocycles. The fourth-order valence-electron chi connectivity index (χ4n) is 2.34. The van der Waals surface area contributed by atoms with Crippen molar-refractivity contribution in [3.8, 4) is 5.75 Å². The van der Waals surface area contributed by atoms with Gasteiger partial charge in [-0.2, -0.15) is 0 Å². The highest BCUT2D eigenvalue weighted by atomic mass is 16.5. The Bertz CT molecular complexity index is 728. The lowest BCUT2D eigenvalue weighted by molar-refractivity contribution is -0.123. The number of aryl methyl sites for hydroxylation is 1. The molecule has 23 heavy (non-hydrogen) atoms. The van der Waals surface area contributed by atoms with Crippen LogP contribution in [0.2, 0.25) is 0 Å². The topological polar surface area (TPSA) is 81.4 Å². The predicted octanol–water partition coefficient (Wildman–Crippen LogP) is 2.13. The van der Waals surface area contributed by atoms with Crippen LogP contribution in [0.5, 0.6) is 5.75 Å². The van der Waals surface area contributed by atoms with Crippen LogP contribution in [0.3, 0.4) is 0 Å². The minimum absolute atomic E-state index is 0.357. The van der Waals surface area contributed by atoms with E-state index in [-0.39, 0.29) is 0 Å². The third-order valence-corrected chi connectivity index (χ3v) is 3.81. The molecule has 3 N–H and O–H groups in total. The zero-order valence-electron chi connectivity index (χ0n) is 13.4. The van der Waals surface area contributed by atoms with Crippen molar-refractivity contribution in [2.24, 2.45) is 5.73 Å². The zero-order chi connectivity index (χ0) is 17.0. The van der Waals surface area contributed by atoms with E-state index in [0.29, 0.717) is 16.9 Å². The summed E-state index contributed by atoms with van der Waals surface area (Å²) in [5.41, 5.74) is 6.12. The van der Waals surface area contributed by atoms with Crippen LogP contribution < -0.4 is 15.8 Å². The van der Waals surface area contributed by atoms with Crippen molar-refractivity contribution in [2.45, 2.75) is 19.4 Å². The lowest BCUT2D eigenvalue weighted by atomic mass is 9.90. The number of hydrogen-bond acceptors (Lipinski definition) is 3. The Hall–Kier alpha value is -2.82. The molecule has 0 spiro atoms. The number of nitrogens with two attached hydrogens (primary N) is 1. The highest BCUT2D eigenvalue weighted by Crippen LogP contribution is 2.24. The van der Waals surface area contributed by atoms with Gasteiger partial charge < -0.3 is 15.8 Å². The number of nitrogens with one attached hydrogen (secondary N) is 1. The van der Waals surface area contributed by atoms with Gasteiger partial charge in [-0.3, -0.25) is 9.59 Å². The molecule has 0 fully saturated rings. The number of primary amides is 1. The monoisotopic (exact) mass is 312 g/mol. The average Bonchev–Trinajstić information content (AvgIpc) is 2.55. The maximum Gasteiger partial charge on any atom is 0.256 e. The third kappa shape index (κ3) is 3.34. The van der Waals surface area contributed by atoms with Crippen molar-refractivity contribution >= 4 is 11.8 Å². The Morgan fingerprint density at radius 2 is 1.78 bits per heavy atom. The molecule has 2 rings (SSSR count). The standard InChI is InChI=1S/C18H20N2O3/c1-12-9-10-15(23-3)14(11-12)16(21)20-18(2,17(19)22)13-7-5-4-6-8-13/h4-11H,1-3H3,(H2,19,22)(H,20,21)/t18-/m0/s1. The van der Waals surface area contributed by atoms with E-state index in [2.05, 4.69) is 5.32 Å². The Morgan fingerprint density at radius 3 is 2.35 bits per heavy atom. The van der Waals surface area contributed by atoms with E-state index in [4.69, 9.17) is 10.5 Å². The van der Waals surface area contributed by atoms with Crippen LogP contribution in [0, 0.1) is 6.92 Å². The van der Waals surface area contributed by atoms with Gasteiger partial charge >= 0.3 is 0 Å². The van der Waals surface area contributed by atoms with Gasteiger partial charge in [0.05, 0.1) is 12.7 Å². The van der Waals surface area contributed by atoms with Gasteiger partial charge in [-0.05, 0) is 31.5 Å². The molecule has 2 aromatic carbocycles. The smallest absolute Gasteiger partial charge is 0.256 e. The third-order valence-electron chi connectivity index (χ3n) is 3.81. The van der Waals surface area contributed by atoms with E-state index in [1.807, 2.05) is 19.1 Å². The molecule has 5 nitrogen and oxygen atoms in total. The van der Waals surface area contributed by atoms with Crippen molar-refractivity contribution in [3.63, 3.8) is 0 Å². The van der Waals surface area contributed by atoms with Gasteiger partial charge in [0.25, 0.3) is 5.91 Å². The minimum atomic E-state index is -1.31. The second-order valence-corrected chi connectivity index (χ2v) is 5.51. The number of benzene rings is 2. The molecule has 0 heterocycles. The van der Waals surface area contributed by atoms with Crippen molar-refractivity contribution < 1.29 is 14.3 Å². The van der Waals surface area contributed by atoms with Crippen LogP contribution in [0.1, 0.15) is 28.4 Å². The van der Waals surface area contributed by atoms with E-state index in [1.165, 1.54) is 7.11 Å². The molecule has 0 radical (unpaired) electrons. The number of rotatable bonds is 5. The molecule has 1 atom stereocenters. The second kappa shape index (κ2) is 6.52. The first-order valence-electron chi connectivity index (χ1n) is 7.21. The van der Waals surface area contributed by atoms with Gasteiger partial charge in [-0.25, -0.2) is 0 Å². The van der Waals surface area contributed by atoms with Crippen molar-refractivity contribution in [1.82, 2.24) is 5.32 Å². The Kier molecular flexibility index (Phi) is 4.69. The number of hydrogen-bond donors (Lipinski definition) is 2. The van der Waals surface area contributed by atoms with Crippen LogP contribution >= 0.6 is 0 Å². The summed E-state index contributed by atoms with van der Waals surface area (Å²) in [5.74, 6) is -0.618. The van der Waals surface area contributed by atoms with Crippen molar-refractivity contribution in [2.75, 3.05) is 7.11 Å². The maximum absolute atomic E-state index is 12.7. The van der Waals surface area contributed by atoms with Gasteiger partial charge in [0.15, 0.2) is 0 Å². The first-order valence-corrected chi connectivity index (χ1v) is 7.21. The van der Waals surface area contributed by atoms with Gasteiger partial charge in [0.2, 0.25) is 5.91 Å². The zero-order valence-corrected chi connectivity index (χ0v) is 13.4. The van der Waals surface area contributed by atoms with Gasteiger partial charge in [-0.1, -0.05) is 42.0 Å². The van der Waals surface area contributed by atoms with Crippen LogP contribution in [-0.4, -0.2) is 18.9 Å². The van der Waals surface area contributed by atoms with Crippen molar-refractivity contribution in [3.05, 3.63) is 65.2 Å². The highest BCUT2D eigenvalue weighted by Gasteiger charge is 2.35. The Morgan fingerprint density at radius 1 is 1.13 bits per heavy atom. The van der Waals surface area contributed by atoms with Crippen LogP contribution in [0.15, 0.2) is 48.5 Å². The lowest BCUT2D eigenvalue weighted by Gasteiger charge is -2.28. The molecule has 2 amide bonds. The molecule has 0 saturated carbocycles.